The van der Waals surface area contributed by atoms with E-state index in [9.17, 15) is 9.59 Å². The molecule has 2 amide bonds. The minimum Gasteiger partial charge on any atom is -0.305 e. The van der Waals surface area contributed by atoms with Crippen molar-refractivity contribution in [3.8, 4) is 0 Å². The standard InChI is InChI=1S/C19H18N4O2S/c1-13-6-5-11-20-17(13)23-18(25)15-12-26-19(21-15)22-16(24)10-9-14-7-3-2-4-8-14/h2-8,11-12H,9-10H2,1H3,(H,20,23,25)(H,21,22,24). The number of aryl methyl sites for hydroxylation is 2. The van der Waals surface area contributed by atoms with Crippen LogP contribution in [0.4, 0.5) is 10.9 Å². The Bertz CT molecular complexity index is 909. The second-order valence-corrected chi connectivity index (χ2v) is 6.55. The summed E-state index contributed by atoms with van der Waals surface area (Å²) < 4.78 is 0. The van der Waals surface area contributed by atoms with E-state index in [1.54, 1.807) is 17.6 Å². The molecule has 0 aliphatic carbocycles. The molecule has 0 spiro atoms. The summed E-state index contributed by atoms with van der Waals surface area (Å²) in [5.41, 5.74) is 2.22. The summed E-state index contributed by atoms with van der Waals surface area (Å²) in [6, 6.07) is 13.5. The zero-order chi connectivity index (χ0) is 18.4. The van der Waals surface area contributed by atoms with Gasteiger partial charge in [0.25, 0.3) is 5.91 Å². The van der Waals surface area contributed by atoms with E-state index < -0.39 is 0 Å². The van der Waals surface area contributed by atoms with Crippen LogP contribution in [-0.2, 0) is 11.2 Å². The molecule has 0 saturated heterocycles. The maximum atomic E-state index is 12.3. The van der Waals surface area contributed by atoms with Gasteiger partial charge < -0.3 is 10.6 Å². The number of pyridine rings is 1. The monoisotopic (exact) mass is 366 g/mol. The number of aromatic nitrogens is 2. The number of benzene rings is 1. The van der Waals surface area contributed by atoms with Gasteiger partial charge in [0, 0.05) is 18.0 Å². The number of thiazole rings is 1. The van der Waals surface area contributed by atoms with Gasteiger partial charge in [0.1, 0.15) is 11.5 Å². The van der Waals surface area contributed by atoms with E-state index >= 15 is 0 Å². The highest BCUT2D eigenvalue weighted by Crippen LogP contribution is 2.18. The Morgan fingerprint density at radius 2 is 1.88 bits per heavy atom. The summed E-state index contributed by atoms with van der Waals surface area (Å²) in [5.74, 6) is 0.0162. The fourth-order valence-electron chi connectivity index (χ4n) is 2.31. The van der Waals surface area contributed by atoms with E-state index in [0.29, 0.717) is 23.8 Å². The maximum Gasteiger partial charge on any atom is 0.276 e. The number of nitrogens with zero attached hydrogens (tertiary/aromatic N) is 2. The van der Waals surface area contributed by atoms with Gasteiger partial charge in [-0.05, 0) is 30.5 Å². The quantitative estimate of drug-likeness (QED) is 0.697. The summed E-state index contributed by atoms with van der Waals surface area (Å²) >= 11 is 1.22. The van der Waals surface area contributed by atoms with Gasteiger partial charge in [-0.15, -0.1) is 11.3 Å². The lowest BCUT2D eigenvalue weighted by Crippen LogP contribution is -2.15. The van der Waals surface area contributed by atoms with Crippen LogP contribution in [0.1, 0.15) is 28.0 Å². The smallest absolute Gasteiger partial charge is 0.276 e. The molecule has 0 bridgehead atoms. The number of rotatable bonds is 6. The Labute approximate surface area is 155 Å². The van der Waals surface area contributed by atoms with Crippen molar-refractivity contribution in [3.05, 3.63) is 70.9 Å². The second kappa shape index (κ2) is 8.35. The summed E-state index contributed by atoms with van der Waals surface area (Å²) in [6.07, 6.45) is 2.63. The number of hydrogen-bond acceptors (Lipinski definition) is 5. The third-order valence-electron chi connectivity index (χ3n) is 3.71. The number of carbonyl (C=O) groups is 2. The number of carbonyl (C=O) groups excluding carboxylic acids is 2. The molecule has 2 heterocycles. The third kappa shape index (κ3) is 4.73. The van der Waals surface area contributed by atoms with Gasteiger partial charge in [0.2, 0.25) is 5.91 Å². The van der Waals surface area contributed by atoms with Crippen LogP contribution >= 0.6 is 11.3 Å². The predicted molar refractivity (Wildman–Crippen MR) is 102 cm³/mol. The molecule has 1 aromatic carbocycles. The first kappa shape index (κ1) is 17.8. The van der Waals surface area contributed by atoms with Crippen molar-refractivity contribution in [2.45, 2.75) is 19.8 Å². The summed E-state index contributed by atoms with van der Waals surface area (Å²) in [7, 11) is 0. The van der Waals surface area contributed by atoms with Crippen LogP contribution in [0, 0.1) is 6.92 Å². The summed E-state index contributed by atoms with van der Waals surface area (Å²) in [6.45, 7) is 1.86. The molecule has 3 rings (SSSR count). The molecule has 0 atom stereocenters. The third-order valence-corrected chi connectivity index (χ3v) is 4.47. The molecule has 0 radical (unpaired) electrons. The van der Waals surface area contributed by atoms with Crippen LogP contribution in [0.15, 0.2) is 54.0 Å². The van der Waals surface area contributed by atoms with Crippen molar-refractivity contribution in [3.63, 3.8) is 0 Å². The first-order valence-electron chi connectivity index (χ1n) is 8.14. The van der Waals surface area contributed by atoms with Crippen LogP contribution < -0.4 is 10.6 Å². The van der Waals surface area contributed by atoms with Gasteiger partial charge in [0.05, 0.1) is 0 Å². The van der Waals surface area contributed by atoms with Crippen molar-refractivity contribution >= 4 is 34.1 Å². The van der Waals surface area contributed by atoms with Crippen LogP contribution in [0.2, 0.25) is 0 Å². The Morgan fingerprint density at radius 1 is 1.08 bits per heavy atom. The normalized spacial score (nSPS) is 10.3. The average molecular weight is 366 g/mol. The van der Waals surface area contributed by atoms with Crippen LogP contribution in [0.3, 0.4) is 0 Å². The largest absolute Gasteiger partial charge is 0.305 e. The van der Waals surface area contributed by atoms with Crippen molar-refractivity contribution in [2.75, 3.05) is 10.6 Å². The molecule has 2 aromatic heterocycles. The fraction of sp³-hybridized carbons (Fsp3) is 0.158. The molecule has 6 nitrogen and oxygen atoms in total. The Kier molecular flexibility index (Phi) is 5.70. The van der Waals surface area contributed by atoms with E-state index in [-0.39, 0.29) is 17.5 Å². The lowest BCUT2D eigenvalue weighted by molar-refractivity contribution is -0.116. The van der Waals surface area contributed by atoms with Crippen LogP contribution in [-0.4, -0.2) is 21.8 Å². The SMILES string of the molecule is Cc1cccnc1NC(=O)c1csc(NC(=O)CCc2ccccc2)n1. The van der Waals surface area contributed by atoms with Crippen molar-refractivity contribution < 1.29 is 9.59 Å². The van der Waals surface area contributed by atoms with Gasteiger partial charge in [-0.1, -0.05) is 36.4 Å². The average Bonchev–Trinajstić information content (AvgIpc) is 3.11. The van der Waals surface area contributed by atoms with Crippen molar-refractivity contribution in [1.82, 2.24) is 9.97 Å². The van der Waals surface area contributed by atoms with Crippen molar-refractivity contribution in [1.29, 1.82) is 0 Å². The molecular formula is C19H18N4O2S. The zero-order valence-corrected chi connectivity index (χ0v) is 15.0. The zero-order valence-electron chi connectivity index (χ0n) is 14.2. The van der Waals surface area contributed by atoms with Gasteiger partial charge in [0.15, 0.2) is 5.13 Å². The van der Waals surface area contributed by atoms with E-state index in [1.165, 1.54) is 11.3 Å². The lowest BCUT2D eigenvalue weighted by atomic mass is 10.1. The van der Waals surface area contributed by atoms with Gasteiger partial charge in [-0.3, -0.25) is 9.59 Å². The Balaban J connectivity index is 1.55. The van der Waals surface area contributed by atoms with Gasteiger partial charge >= 0.3 is 0 Å². The molecule has 2 N–H and O–H groups in total. The second-order valence-electron chi connectivity index (χ2n) is 5.69. The lowest BCUT2D eigenvalue weighted by Gasteiger charge is -2.05. The Morgan fingerprint density at radius 3 is 2.65 bits per heavy atom. The molecule has 0 unspecified atom stereocenters. The molecule has 0 fully saturated rings. The number of nitrogens with one attached hydrogen (secondary N) is 2. The molecular weight excluding hydrogens is 348 g/mol. The first-order valence-corrected chi connectivity index (χ1v) is 9.02. The highest BCUT2D eigenvalue weighted by Gasteiger charge is 2.14. The highest BCUT2D eigenvalue weighted by molar-refractivity contribution is 7.14. The molecule has 0 aliphatic rings. The molecule has 3 aromatic rings. The van der Waals surface area contributed by atoms with E-state index in [1.807, 2.05) is 43.3 Å². The first-order chi connectivity index (χ1) is 12.6. The minimum atomic E-state index is -0.354. The summed E-state index contributed by atoms with van der Waals surface area (Å²) in [5, 5.41) is 7.48. The van der Waals surface area contributed by atoms with E-state index in [0.717, 1.165) is 11.1 Å². The molecule has 132 valence electrons. The van der Waals surface area contributed by atoms with Crippen molar-refractivity contribution in [2.24, 2.45) is 0 Å². The van der Waals surface area contributed by atoms with E-state index in [2.05, 4.69) is 20.6 Å². The maximum absolute atomic E-state index is 12.3. The number of anilines is 2. The minimum absolute atomic E-state index is 0.129. The highest BCUT2D eigenvalue weighted by atomic mass is 32.1. The molecule has 7 heteroatoms. The fourth-order valence-corrected chi connectivity index (χ4v) is 3.01. The van der Waals surface area contributed by atoms with Gasteiger partial charge in [-0.2, -0.15) is 0 Å². The van der Waals surface area contributed by atoms with Crippen LogP contribution in [0.25, 0.3) is 0 Å². The van der Waals surface area contributed by atoms with Crippen LogP contribution in [0.5, 0.6) is 0 Å². The Hall–Kier alpha value is -3.06. The summed E-state index contributed by atoms with van der Waals surface area (Å²) in [4.78, 5) is 32.6. The molecule has 0 saturated carbocycles. The molecule has 0 aliphatic heterocycles. The van der Waals surface area contributed by atoms with Gasteiger partial charge in [-0.25, -0.2) is 9.97 Å². The van der Waals surface area contributed by atoms with E-state index in [4.69, 9.17) is 0 Å². The molecule has 26 heavy (non-hydrogen) atoms. The number of hydrogen-bond donors (Lipinski definition) is 2. The topological polar surface area (TPSA) is 84.0 Å². The predicted octanol–water partition coefficient (Wildman–Crippen LogP) is 3.67. The number of amides is 2.